The van der Waals surface area contributed by atoms with Gasteiger partial charge in [0.05, 0.1) is 14.2 Å². The van der Waals surface area contributed by atoms with Gasteiger partial charge in [-0.05, 0) is 69.4 Å². The van der Waals surface area contributed by atoms with Crippen LogP contribution in [0.5, 0.6) is 11.5 Å². The topological polar surface area (TPSA) is 42.5 Å². The fraction of sp³-hybridized carbons (Fsp3) is 0.684. The second-order valence-corrected chi connectivity index (χ2v) is 12.0. The van der Waals surface area contributed by atoms with Crippen molar-refractivity contribution < 1.29 is 9.47 Å². The van der Waals surface area contributed by atoms with Gasteiger partial charge in [0.1, 0.15) is 11.5 Å². The van der Waals surface area contributed by atoms with Crippen LogP contribution in [0.15, 0.2) is 48.5 Å². The lowest BCUT2D eigenvalue weighted by Crippen LogP contribution is -2.16. The van der Waals surface area contributed by atoms with E-state index in [1.54, 1.807) is 14.2 Å². The van der Waals surface area contributed by atoms with Crippen molar-refractivity contribution in [2.45, 2.75) is 135 Å². The van der Waals surface area contributed by atoms with Crippen LogP contribution in [-0.2, 0) is 13.0 Å². The number of nitrogens with one attached hydrogen (secondary N) is 2. The summed E-state index contributed by atoms with van der Waals surface area (Å²) < 4.78 is 10.9. The maximum absolute atomic E-state index is 5.45. The standard InChI is InChI=1S/C38H64N2O2/c1-41-37-29-21-19-27-35(37)26-18-14-10-13-16-24-32-39-31-23-15-11-8-6-4-3-5-7-9-12-17-25-33-40-34-36-28-20-22-30-38(36)42-2/h19-22,27-30,39-40H,3-18,23-26,31-34H2,1-2H3. The summed E-state index contributed by atoms with van der Waals surface area (Å²) in [6.07, 6.45) is 27.3. The summed E-state index contributed by atoms with van der Waals surface area (Å²) in [4.78, 5) is 0. The average Bonchev–Trinajstić information content (AvgIpc) is 3.03. The van der Waals surface area contributed by atoms with Gasteiger partial charge in [-0.3, -0.25) is 0 Å². The minimum Gasteiger partial charge on any atom is -0.496 e. The van der Waals surface area contributed by atoms with Gasteiger partial charge in [0.25, 0.3) is 0 Å². The highest BCUT2D eigenvalue weighted by atomic mass is 16.5. The van der Waals surface area contributed by atoms with E-state index >= 15 is 0 Å². The van der Waals surface area contributed by atoms with E-state index in [9.17, 15) is 0 Å². The Morgan fingerprint density at radius 2 is 0.762 bits per heavy atom. The number of hydrogen-bond donors (Lipinski definition) is 2. The van der Waals surface area contributed by atoms with Crippen LogP contribution in [0.1, 0.15) is 133 Å². The average molecular weight is 581 g/mol. The van der Waals surface area contributed by atoms with E-state index in [4.69, 9.17) is 9.47 Å². The van der Waals surface area contributed by atoms with Crippen LogP contribution in [0.2, 0.25) is 0 Å². The molecule has 4 nitrogen and oxygen atoms in total. The lowest BCUT2D eigenvalue weighted by Gasteiger charge is -2.09. The Bertz CT molecular complexity index is 800. The largest absolute Gasteiger partial charge is 0.496 e. The van der Waals surface area contributed by atoms with Crippen molar-refractivity contribution in [1.29, 1.82) is 0 Å². The molecule has 2 N–H and O–H groups in total. The van der Waals surface area contributed by atoms with Crippen molar-refractivity contribution >= 4 is 0 Å². The molecule has 2 aromatic carbocycles. The van der Waals surface area contributed by atoms with Crippen molar-refractivity contribution in [1.82, 2.24) is 10.6 Å². The van der Waals surface area contributed by atoms with E-state index in [2.05, 4.69) is 47.0 Å². The maximum atomic E-state index is 5.45. The molecule has 0 aliphatic rings. The highest BCUT2D eigenvalue weighted by Gasteiger charge is 2.02. The van der Waals surface area contributed by atoms with E-state index in [-0.39, 0.29) is 0 Å². The molecule has 0 saturated carbocycles. The third kappa shape index (κ3) is 18.5. The molecule has 2 aromatic rings. The highest BCUT2D eigenvalue weighted by molar-refractivity contribution is 5.33. The van der Waals surface area contributed by atoms with Gasteiger partial charge in [-0.15, -0.1) is 0 Å². The Labute approximate surface area is 259 Å². The number of hydrogen-bond acceptors (Lipinski definition) is 4. The SMILES string of the molecule is COc1ccccc1CCCCCCCCNCCCCCCCCCCCCCCCNCc1ccccc1OC. The van der Waals surface area contributed by atoms with Crippen LogP contribution in [0.3, 0.4) is 0 Å². The van der Waals surface area contributed by atoms with Crippen molar-refractivity contribution in [3.63, 3.8) is 0 Å². The minimum atomic E-state index is 0.898. The van der Waals surface area contributed by atoms with Gasteiger partial charge in [-0.1, -0.05) is 133 Å². The lowest BCUT2D eigenvalue weighted by molar-refractivity contribution is 0.407. The Morgan fingerprint density at radius 1 is 0.405 bits per heavy atom. The summed E-state index contributed by atoms with van der Waals surface area (Å²) in [6.45, 7) is 4.40. The van der Waals surface area contributed by atoms with Gasteiger partial charge in [0.15, 0.2) is 0 Å². The first-order valence-electron chi connectivity index (χ1n) is 17.5. The number of benzene rings is 2. The molecular formula is C38H64N2O2. The Kier molecular flexibility index (Phi) is 22.9. The Morgan fingerprint density at radius 3 is 1.24 bits per heavy atom. The Balaban J connectivity index is 1.21. The summed E-state index contributed by atoms with van der Waals surface area (Å²) in [5.41, 5.74) is 2.60. The monoisotopic (exact) mass is 580 g/mol. The van der Waals surface area contributed by atoms with Crippen LogP contribution in [0.4, 0.5) is 0 Å². The zero-order valence-electron chi connectivity index (χ0n) is 27.4. The van der Waals surface area contributed by atoms with E-state index in [1.807, 2.05) is 12.1 Å². The summed E-state index contributed by atoms with van der Waals surface area (Å²) >= 11 is 0. The van der Waals surface area contributed by atoms with E-state index in [1.165, 1.54) is 146 Å². The fourth-order valence-corrected chi connectivity index (χ4v) is 5.82. The maximum Gasteiger partial charge on any atom is 0.123 e. The van der Waals surface area contributed by atoms with Crippen molar-refractivity contribution in [2.75, 3.05) is 33.9 Å². The molecule has 0 bridgehead atoms. The molecule has 0 saturated heterocycles. The first kappa shape index (κ1) is 36.2. The molecule has 4 heteroatoms. The minimum absolute atomic E-state index is 0.898. The number of methoxy groups -OCH3 is 2. The zero-order chi connectivity index (χ0) is 29.8. The highest BCUT2D eigenvalue weighted by Crippen LogP contribution is 2.20. The molecule has 238 valence electrons. The lowest BCUT2D eigenvalue weighted by atomic mass is 10.0. The normalized spacial score (nSPS) is 11.2. The molecule has 0 aliphatic heterocycles. The second-order valence-electron chi connectivity index (χ2n) is 12.0. The molecule has 0 heterocycles. The summed E-state index contributed by atoms with van der Waals surface area (Å²) in [5.74, 6) is 2.02. The number of aryl methyl sites for hydroxylation is 1. The quantitative estimate of drug-likeness (QED) is 0.0940. The molecule has 0 fully saturated rings. The molecular weight excluding hydrogens is 516 g/mol. The van der Waals surface area contributed by atoms with E-state index in [0.29, 0.717) is 0 Å². The number of ether oxygens (including phenoxy) is 2. The molecule has 42 heavy (non-hydrogen) atoms. The molecule has 0 radical (unpaired) electrons. The van der Waals surface area contributed by atoms with Crippen molar-refractivity contribution in [2.24, 2.45) is 0 Å². The molecule has 0 aromatic heterocycles. The predicted octanol–water partition coefficient (Wildman–Crippen LogP) is 10.0. The molecule has 0 amide bonds. The zero-order valence-corrected chi connectivity index (χ0v) is 27.4. The fourth-order valence-electron chi connectivity index (χ4n) is 5.82. The first-order chi connectivity index (χ1) is 20.8. The Hall–Kier alpha value is -2.04. The molecule has 0 unspecified atom stereocenters. The number of unbranched alkanes of at least 4 members (excludes halogenated alkanes) is 17. The van der Waals surface area contributed by atoms with Crippen molar-refractivity contribution in [3.05, 3.63) is 59.7 Å². The van der Waals surface area contributed by atoms with Crippen LogP contribution in [-0.4, -0.2) is 33.9 Å². The van der Waals surface area contributed by atoms with E-state index in [0.717, 1.165) is 31.0 Å². The van der Waals surface area contributed by atoms with Crippen LogP contribution < -0.4 is 20.1 Å². The molecule has 0 aliphatic carbocycles. The van der Waals surface area contributed by atoms with Crippen LogP contribution in [0.25, 0.3) is 0 Å². The third-order valence-electron chi connectivity index (χ3n) is 8.46. The predicted molar refractivity (Wildman–Crippen MR) is 182 cm³/mol. The second kappa shape index (κ2) is 26.6. The van der Waals surface area contributed by atoms with Gasteiger partial charge in [-0.2, -0.15) is 0 Å². The molecule has 0 spiro atoms. The van der Waals surface area contributed by atoms with Gasteiger partial charge in [-0.25, -0.2) is 0 Å². The summed E-state index contributed by atoms with van der Waals surface area (Å²) in [6, 6.07) is 16.7. The van der Waals surface area contributed by atoms with Crippen LogP contribution >= 0.6 is 0 Å². The van der Waals surface area contributed by atoms with E-state index < -0.39 is 0 Å². The summed E-state index contributed by atoms with van der Waals surface area (Å²) in [7, 11) is 3.52. The van der Waals surface area contributed by atoms with Gasteiger partial charge < -0.3 is 20.1 Å². The van der Waals surface area contributed by atoms with Gasteiger partial charge in [0.2, 0.25) is 0 Å². The first-order valence-corrected chi connectivity index (χ1v) is 17.5. The number of para-hydroxylation sites is 2. The van der Waals surface area contributed by atoms with Gasteiger partial charge in [0, 0.05) is 12.1 Å². The molecule has 0 atom stereocenters. The molecule has 2 rings (SSSR count). The summed E-state index contributed by atoms with van der Waals surface area (Å²) in [5, 5.41) is 7.22. The van der Waals surface area contributed by atoms with Crippen LogP contribution in [0, 0.1) is 0 Å². The number of rotatable bonds is 29. The van der Waals surface area contributed by atoms with Gasteiger partial charge >= 0.3 is 0 Å². The third-order valence-corrected chi connectivity index (χ3v) is 8.46. The smallest absolute Gasteiger partial charge is 0.123 e. The van der Waals surface area contributed by atoms with Crippen molar-refractivity contribution in [3.8, 4) is 11.5 Å².